The Hall–Kier alpha value is -1.52. The smallest absolute Gasteiger partial charge is 0.317 e. The highest BCUT2D eigenvalue weighted by Gasteiger charge is 2.32. The van der Waals surface area contributed by atoms with Gasteiger partial charge < -0.3 is 10.2 Å². The summed E-state index contributed by atoms with van der Waals surface area (Å²) < 4.78 is 2.01. The highest BCUT2D eigenvalue weighted by Crippen LogP contribution is 2.27. The van der Waals surface area contributed by atoms with Crippen LogP contribution < -0.4 is 5.32 Å². The van der Waals surface area contributed by atoms with Crippen LogP contribution >= 0.6 is 0 Å². The Balaban J connectivity index is 1.70. The van der Waals surface area contributed by atoms with Crippen molar-refractivity contribution in [2.24, 2.45) is 5.92 Å². The molecular weight excluding hydrogens is 276 g/mol. The zero-order valence-electron chi connectivity index (χ0n) is 14.4. The summed E-state index contributed by atoms with van der Waals surface area (Å²) in [4.78, 5) is 14.3. The third-order valence-electron chi connectivity index (χ3n) is 4.12. The number of nitrogens with zero attached hydrogens (tertiary/aromatic N) is 3. The first-order valence-electron chi connectivity index (χ1n) is 8.53. The standard InChI is InChI=1S/C17H30N4O/c1-13(2)8-11-20(16-6-7-16)17(22)18-9-5-10-21-15(4)12-14(3)19-21/h12-13,16H,5-11H2,1-4H3,(H,18,22). The molecule has 1 aliphatic carbocycles. The Labute approximate surface area is 134 Å². The molecule has 0 bridgehead atoms. The Morgan fingerprint density at radius 2 is 2.18 bits per heavy atom. The number of hydrogen-bond donors (Lipinski definition) is 1. The van der Waals surface area contributed by atoms with Crippen molar-refractivity contribution < 1.29 is 4.79 Å². The molecule has 0 spiro atoms. The average molecular weight is 306 g/mol. The lowest BCUT2D eigenvalue weighted by molar-refractivity contribution is 0.191. The fourth-order valence-electron chi connectivity index (χ4n) is 2.66. The molecule has 1 saturated carbocycles. The summed E-state index contributed by atoms with van der Waals surface area (Å²) in [6, 6.07) is 2.67. The molecule has 5 nitrogen and oxygen atoms in total. The molecule has 22 heavy (non-hydrogen) atoms. The molecule has 0 unspecified atom stereocenters. The zero-order chi connectivity index (χ0) is 16.1. The van der Waals surface area contributed by atoms with Crippen LogP contribution in [-0.2, 0) is 6.54 Å². The highest BCUT2D eigenvalue weighted by atomic mass is 16.2. The summed E-state index contributed by atoms with van der Waals surface area (Å²) in [5, 5.41) is 7.51. The zero-order valence-corrected chi connectivity index (χ0v) is 14.4. The molecule has 0 radical (unpaired) electrons. The van der Waals surface area contributed by atoms with Gasteiger partial charge in [0.05, 0.1) is 5.69 Å². The predicted octanol–water partition coefficient (Wildman–Crippen LogP) is 3.11. The van der Waals surface area contributed by atoms with Gasteiger partial charge >= 0.3 is 6.03 Å². The molecular formula is C17H30N4O. The van der Waals surface area contributed by atoms with E-state index in [0.29, 0.717) is 18.5 Å². The Morgan fingerprint density at radius 3 is 2.73 bits per heavy atom. The van der Waals surface area contributed by atoms with E-state index in [-0.39, 0.29) is 6.03 Å². The third kappa shape index (κ3) is 5.04. The van der Waals surface area contributed by atoms with E-state index >= 15 is 0 Å². The predicted molar refractivity (Wildman–Crippen MR) is 88.9 cm³/mol. The molecule has 2 rings (SSSR count). The molecule has 1 aromatic heterocycles. The normalized spacial score (nSPS) is 14.4. The number of rotatable bonds is 8. The van der Waals surface area contributed by atoms with Crippen LogP contribution in [0.2, 0.25) is 0 Å². The number of aromatic nitrogens is 2. The highest BCUT2D eigenvalue weighted by molar-refractivity contribution is 5.74. The molecule has 2 amide bonds. The minimum absolute atomic E-state index is 0.108. The maximum absolute atomic E-state index is 12.3. The first-order valence-corrected chi connectivity index (χ1v) is 8.53. The summed E-state index contributed by atoms with van der Waals surface area (Å²) in [6.45, 7) is 10.9. The van der Waals surface area contributed by atoms with E-state index in [0.717, 1.165) is 44.5 Å². The van der Waals surface area contributed by atoms with Gasteiger partial charge in [-0.25, -0.2) is 4.79 Å². The third-order valence-corrected chi connectivity index (χ3v) is 4.12. The monoisotopic (exact) mass is 306 g/mol. The first kappa shape index (κ1) is 16.8. The quantitative estimate of drug-likeness (QED) is 0.750. The van der Waals surface area contributed by atoms with Gasteiger partial charge in [-0.1, -0.05) is 13.8 Å². The van der Waals surface area contributed by atoms with E-state index in [2.05, 4.69) is 37.3 Å². The SMILES string of the molecule is Cc1cc(C)n(CCCNC(=O)N(CCC(C)C)C2CC2)n1. The lowest BCUT2D eigenvalue weighted by Crippen LogP contribution is -2.42. The molecule has 0 aliphatic heterocycles. The number of hydrogen-bond acceptors (Lipinski definition) is 2. The number of aryl methyl sites for hydroxylation is 3. The Kier molecular flexibility index (Phi) is 5.86. The maximum atomic E-state index is 12.3. The molecule has 124 valence electrons. The Bertz CT molecular complexity index is 491. The summed E-state index contributed by atoms with van der Waals surface area (Å²) >= 11 is 0. The molecule has 1 aromatic rings. The van der Waals surface area contributed by atoms with Crippen LogP contribution in [0.1, 0.15) is 50.9 Å². The average Bonchev–Trinajstić information content (AvgIpc) is 3.21. The number of carbonyl (C=O) groups is 1. The number of nitrogens with one attached hydrogen (secondary N) is 1. The fourth-order valence-corrected chi connectivity index (χ4v) is 2.66. The second kappa shape index (κ2) is 7.65. The second-order valence-electron chi connectivity index (χ2n) is 6.84. The Morgan fingerprint density at radius 1 is 1.45 bits per heavy atom. The number of carbonyl (C=O) groups excluding carboxylic acids is 1. The van der Waals surface area contributed by atoms with Gasteiger partial charge in [-0.15, -0.1) is 0 Å². The summed E-state index contributed by atoms with van der Waals surface area (Å²) in [7, 11) is 0. The van der Waals surface area contributed by atoms with E-state index < -0.39 is 0 Å². The van der Waals surface area contributed by atoms with Crippen LogP contribution in [0, 0.1) is 19.8 Å². The van der Waals surface area contributed by atoms with Crippen LogP contribution in [-0.4, -0.2) is 39.8 Å². The van der Waals surface area contributed by atoms with Crippen molar-refractivity contribution in [1.29, 1.82) is 0 Å². The molecule has 0 saturated heterocycles. The van der Waals surface area contributed by atoms with Crippen molar-refractivity contribution in [2.45, 2.75) is 66.0 Å². The molecule has 1 heterocycles. The van der Waals surface area contributed by atoms with Crippen LogP contribution in [0.4, 0.5) is 4.79 Å². The van der Waals surface area contributed by atoms with Gasteiger partial charge in [0.2, 0.25) is 0 Å². The van der Waals surface area contributed by atoms with Crippen molar-refractivity contribution in [3.63, 3.8) is 0 Å². The lowest BCUT2D eigenvalue weighted by atomic mass is 10.1. The molecule has 0 atom stereocenters. The van der Waals surface area contributed by atoms with Crippen LogP contribution in [0.25, 0.3) is 0 Å². The van der Waals surface area contributed by atoms with Gasteiger partial charge in [-0.05, 0) is 51.5 Å². The molecule has 1 fully saturated rings. The van der Waals surface area contributed by atoms with Crippen molar-refractivity contribution in [1.82, 2.24) is 20.0 Å². The fraction of sp³-hybridized carbons (Fsp3) is 0.765. The van der Waals surface area contributed by atoms with Gasteiger partial charge in [0.25, 0.3) is 0 Å². The van der Waals surface area contributed by atoms with E-state index in [1.54, 1.807) is 0 Å². The summed E-state index contributed by atoms with van der Waals surface area (Å²) in [6.07, 6.45) is 4.32. The molecule has 1 N–H and O–H groups in total. The number of amides is 2. The number of urea groups is 1. The van der Waals surface area contributed by atoms with E-state index in [9.17, 15) is 4.79 Å². The molecule has 1 aliphatic rings. The van der Waals surface area contributed by atoms with Crippen molar-refractivity contribution in [3.8, 4) is 0 Å². The second-order valence-corrected chi connectivity index (χ2v) is 6.84. The minimum atomic E-state index is 0.108. The molecule has 0 aromatic carbocycles. The van der Waals surface area contributed by atoms with Crippen molar-refractivity contribution in [3.05, 3.63) is 17.5 Å². The van der Waals surface area contributed by atoms with E-state index in [1.807, 2.05) is 16.5 Å². The molecule has 5 heteroatoms. The summed E-state index contributed by atoms with van der Waals surface area (Å²) in [5.41, 5.74) is 2.23. The van der Waals surface area contributed by atoms with Gasteiger partial charge in [0, 0.05) is 31.4 Å². The van der Waals surface area contributed by atoms with Crippen molar-refractivity contribution >= 4 is 6.03 Å². The van der Waals surface area contributed by atoms with Gasteiger partial charge in [-0.2, -0.15) is 5.10 Å². The van der Waals surface area contributed by atoms with E-state index in [4.69, 9.17) is 0 Å². The first-order chi connectivity index (χ1) is 10.5. The van der Waals surface area contributed by atoms with Crippen LogP contribution in [0.15, 0.2) is 6.07 Å². The van der Waals surface area contributed by atoms with Gasteiger partial charge in [0.15, 0.2) is 0 Å². The maximum Gasteiger partial charge on any atom is 0.317 e. The largest absolute Gasteiger partial charge is 0.338 e. The lowest BCUT2D eigenvalue weighted by Gasteiger charge is -2.23. The van der Waals surface area contributed by atoms with Gasteiger partial charge in [0.1, 0.15) is 0 Å². The summed E-state index contributed by atoms with van der Waals surface area (Å²) in [5.74, 6) is 0.639. The van der Waals surface area contributed by atoms with Crippen molar-refractivity contribution in [2.75, 3.05) is 13.1 Å². The minimum Gasteiger partial charge on any atom is -0.338 e. The van der Waals surface area contributed by atoms with E-state index in [1.165, 1.54) is 5.69 Å². The van der Waals surface area contributed by atoms with Crippen LogP contribution in [0.5, 0.6) is 0 Å². The van der Waals surface area contributed by atoms with Gasteiger partial charge in [-0.3, -0.25) is 4.68 Å². The van der Waals surface area contributed by atoms with Crippen LogP contribution in [0.3, 0.4) is 0 Å². The topological polar surface area (TPSA) is 50.2 Å².